The lowest BCUT2D eigenvalue weighted by Gasteiger charge is -2.14. The average molecular weight is 299 g/mol. The van der Waals surface area contributed by atoms with Gasteiger partial charge in [-0.25, -0.2) is 4.79 Å². The summed E-state index contributed by atoms with van der Waals surface area (Å²) in [6.07, 6.45) is 1.51. The minimum absolute atomic E-state index is 0.582. The highest BCUT2D eigenvalue weighted by molar-refractivity contribution is 5.93. The fraction of sp³-hybridized carbons (Fsp3) is 0.125. The van der Waals surface area contributed by atoms with Crippen LogP contribution in [0.2, 0.25) is 0 Å². The van der Waals surface area contributed by atoms with E-state index in [1.807, 2.05) is 6.07 Å². The Kier molecular flexibility index (Phi) is 4.98. The first kappa shape index (κ1) is 15.4. The van der Waals surface area contributed by atoms with Crippen LogP contribution in [-0.2, 0) is 0 Å². The summed E-state index contributed by atoms with van der Waals surface area (Å²) < 4.78 is 10.4. The molecular formula is C16H17N3O3. The lowest BCUT2D eigenvalue weighted by Crippen LogP contribution is -2.31. The third-order valence-corrected chi connectivity index (χ3v) is 2.96. The second kappa shape index (κ2) is 7.12. The van der Waals surface area contributed by atoms with Crippen molar-refractivity contribution in [1.82, 2.24) is 0 Å². The van der Waals surface area contributed by atoms with Gasteiger partial charge < -0.3 is 15.2 Å². The molecule has 2 aromatic carbocycles. The zero-order valence-corrected chi connectivity index (χ0v) is 12.4. The van der Waals surface area contributed by atoms with Gasteiger partial charge in [0.1, 0.15) is 11.5 Å². The van der Waals surface area contributed by atoms with Gasteiger partial charge in [-0.05, 0) is 24.3 Å². The van der Waals surface area contributed by atoms with Crippen LogP contribution < -0.4 is 20.2 Å². The standard InChI is InChI=1S/C16H17N3O3/c1-21-14-9-8-12(15(10-14)22-2)11-18-19(16(17)20)13-6-4-3-5-7-13/h3-11H,1-2H3,(H2,17,20)/b18-11+. The summed E-state index contributed by atoms with van der Waals surface area (Å²) in [4.78, 5) is 11.6. The molecule has 0 saturated heterocycles. The van der Waals surface area contributed by atoms with E-state index in [0.29, 0.717) is 22.7 Å². The van der Waals surface area contributed by atoms with Gasteiger partial charge in [-0.2, -0.15) is 10.1 Å². The van der Waals surface area contributed by atoms with E-state index in [1.54, 1.807) is 56.7 Å². The number of para-hydroxylation sites is 1. The summed E-state index contributed by atoms with van der Waals surface area (Å²) in [6.45, 7) is 0. The number of anilines is 1. The minimum Gasteiger partial charge on any atom is -0.497 e. The van der Waals surface area contributed by atoms with Gasteiger partial charge in [-0.3, -0.25) is 0 Å². The average Bonchev–Trinajstić information content (AvgIpc) is 2.55. The first-order valence-corrected chi connectivity index (χ1v) is 6.56. The Bertz CT molecular complexity index is 672. The van der Waals surface area contributed by atoms with Crippen LogP contribution in [0.3, 0.4) is 0 Å². The van der Waals surface area contributed by atoms with E-state index in [4.69, 9.17) is 15.2 Å². The summed E-state index contributed by atoms with van der Waals surface area (Å²) in [5.74, 6) is 1.25. The van der Waals surface area contributed by atoms with Gasteiger partial charge in [0.2, 0.25) is 0 Å². The maximum atomic E-state index is 11.6. The van der Waals surface area contributed by atoms with Crippen LogP contribution in [0.15, 0.2) is 53.6 Å². The van der Waals surface area contributed by atoms with E-state index in [1.165, 1.54) is 6.21 Å². The van der Waals surface area contributed by atoms with Crippen LogP contribution in [0.4, 0.5) is 10.5 Å². The molecule has 22 heavy (non-hydrogen) atoms. The molecule has 114 valence electrons. The first-order valence-electron chi connectivity index (χ1n) is 6.56. The number of nitrogens with zero attached hydrogens (tertiary/aromatic N) is 2. The largest absolute Gasteiger partial charge is 0.497 e. The first-order chi connectivity index (χ1) is 10.7. The van der Waals surface area contributed by atoms with Gasteiger partial charge in [0.15, 0.2) is 0 Å². The molecule has 2 aromatic rings. The van der Waals surface area contributed by atoms with Crippen LogP contribution in [0, 0.1) is 0 Å². The van der Waals surface area contributed by atoms with Gasteiger partial charge in [0.25, 0.3) is 0 Å². The lowest BCUT2D eigenvalue weighted by molar-refractivity contribution is 0.254. The van der Waals surface area contributed by atoms with E-state index < -0.39 is 6.03 Å². The van der Waals surface area contributed by atoms with Crippen molar-refractivity contribution in [1.29, 1.82) is 0 Å². The minimum atomic E-state index is -0.671. The number of amides is 2. The summed E-state index contributed by atoms with van der Waals surface area (Å²) >= 11 is 0. The quantitative estimate of drug-likeness (QED) is 0.681. The number of methoxy groups -OCH3 is 2. The smallest absolute Gasteiger partial charge is 0.340 e. The molecule has 0 saturated carbocycles. The van der Waals surface area contributed by atoms with Crippen LogP contribution in [0.1, 0.15) is 5.56 Å². The topological polar surface area (TPSA) is 77.1 Å². The van der Waals surface area contributed by atoms with Gasteiger partial charge in [-0.15, -0.1) is 0 Å². The summed E-state index contributed by atoms with van der Waals surface area (Å²) in [5, 5.41) is 5.26. The Labute approximate surface area is 128 Å². The molecule has 0 atom stereocenters. The molecule has 0 heterocycles. The Hall–Kier alpha value is -3.02. The maximum absolute atomic E-state index is 11.6. The lowest BCUT2D eigenvalue weighted by atomic mass is 10.2. The summed E-state index contributed by atoms with van der Waals surface area (Å²) in [6, 6.07) is 13.6. The van der Waals surface area contributed by atoms with Gasteiger partial charge in [-0.1, -0.05) is 18.2 Å². The molecule has 0 spiro atoms. The van der Waals surface area contributed by atoms with Crippen LogP contribution >= 0.6 is 0 Å². The second-order valence-electron chi connectivity index (χ2n) is 4.34. The molecule has 0 aromatic heterocycles. The summed E-state index contributed by atoms with van der Waals surface area (Å²) in [5.41, 5.74) is 6.65. The molecular weight excluding hydrogens is 282 g/mol. The van der Waals surface area contributed by atoms with Crippen molar-refractivity contribution < 1.29 is 14.3 Å². The van der Waals surface area contributed by atoms with Crippen LogP contribution in [-0.4, -0.2) is 26.5 Å². The number of primary amides is 1. The van der Waals surface area contributed by atoms with Crippen molar-refractivity contribution in [2.24, 2.45) is 10.8 Å². The molecule has 0 aliphatic carbocycles. The Morgan fingerprint density at radius 2 is 1.86 bits per heavy atom. The molecule has 6 heteroatoms. The SMILES string of the molecule is COc1ccc(/C=N/N(C(N)=O)c2ccccc2)c(OC)c1. The van der Waals surface area contributed by atoms with Crippen LogP contribution in [0.5, 0.6) is 11.5 Å². The normalized spacial score (nSPS) is 10.5. The molecule has 0 radical (unpaired) electrons. The zero-order valence-electron chi connectivity index (χ0n) is 12.4. The molecule has 0 fully saturated rings. The molecule has 0 bridgehead atoms. The zero-order chi connectivity index (χ0) is 15.9. The molecule has 2 amide bonds. The number of ether oxygens (including phenoxy) is 2. The Morgan fingerprint density at radius 1 is 1.14 bits per heavy atom. The maximum Gasteiger partial charge on any atom is 0.340 e. The van der Waals surface area contributed by atoms with Gasteiger partial charge in [0.05, 0.1) is 26.1 Å². The molecule has 0 unspecified atom stereocenters. The van der Waals surface area contributed by atoms with Crippen LogP contribution in [0.25, 0.3) is 0 Å². The van der Waals surface area contributed by atoms with Gasteiger partial charge >= 0.3 is 6.03 Å². The van der Waals surface area contributed by atoms with Crippen molar-refractivity contribution in [3.8, 4) is 11.5 Å². The number of hydrogen-bond acceptors (Lipinski definition) is 4. The number of carbonyl (C=O) groups is 1. The monoisotopic (exact) mass is 299 g/mol. The number of carbonyl (C=O) groups excluding carboxylic acids is 1. The third-order valence-electron chi connectivity index (χ3n) is 2.96. The number of hydrazone groups is 1. The highest BCUT2D eigenvalue weighted by atomic mass is 16.5. The predicted molar refractivity (Wildman–Crippen MR) is 85.6 cm³/mol. The Balaban J connectivity index is 2.31. The molecule has 2 rings (SSSR count). The predicted octanol–water partition coefficient (Wildman–Crippen LogP) is 2.62. The van der Waals surface area contributed by atoms with E-state index >= 15 is 0 Å². The molecule has 6 nitrogen and oxygen atoms in total. The second-order valence-corrected chi connectivity index (χ2v) is 4.34. The third kappa shape index (κ3) is 3.54. The van der Waals surface area contributed by atoms with Gasteiger partial charge in [0, 0.05) is 11.6 Å². The summed E-state index contributed by atoms with van der Waals surface area (Å²) in [7, 11) is 3.13. The fourth-order valence-electron chi connectivity index (χ4n) is 1.87. The number of hydrogen-bond donors (Lipinski definition) is 1. The molecule has 2 N–H and O–H groups in total. The van der Waals surface area contributed by atoms with E-state index in [0.717, 1.165) is 5.01 Å². The number of rotatable bonds is 5. The van der Waals surface area contributed by atoms with E-state index in [2.05, 4.69) is 5.10 Å². The van der Waals surface area contributed by atoms with Crippen molar-refractivity contribution in [2.75, 3.05) is 19.2 Å². The van der Waals surface area contributed by atoms with Crippen molar-refractivity contribution in [3.63, 3.8) is 0 Å². The van der Waals surface area contributed by atoms with E-state index in [-0.39, 0.29) is 0 Å². The van der Waals surface area contributed by atoms with Crippen molar-refractivity contribution in [2.45, 2.75) is 0 Å². The van der Waals surface area contributed by atoms with Crippen molar-refractivity contribution in [3.05, 3.63) is 54.1 Å². The highest BCUT2D eigenvalue weighted by Gasteiger charge is 2.10. The van der Waals surface area contributed by atoms with Crippen molar-refractivity contribution >= 4 is 17.9 Å². The Morgan fingerprint density at radius 3 is 2.45 bits per heavy atom. The number of nitrogens with two attached hydrogens (primary N) is 1. The highest BCUT2D eigenvalue weighted by Crippen LogP contribution is 2.23. The number of benzene rings is 2. The number of urea groups is 1. The molecule has 0 aliphatic rings. The molecule has 0 aliphatic heterocycles. The van der Waals surface area contributed by atoms with E-state index in [9.17, 15) is 4.79 Å². The fourth-order valence-corrected chi connectivity index (χ4v) is 1.87.